The van der Waals surface area contributed by atoms with E-state index in [9.17, 15) is 0 Å². The van der Waals surface area contributed by atoms with Crippen molar-refractivity contribution >= 4 is 0 Å². The molecule has 0 fully saturated rings. The van der Waals surface area contributed by atoms with Gasteiger partial charge in [0.05, 0.1) is 43.2 Å². The highest BCUT2D eigenvalue weighted by Gasteiger charge is 2.33. The summed E-state index contributed by atoms with van der Waals surface area (Å²) < 4.78 is 12.5. The predicted octanol–water partition coefficient (Wildman–Crippen LogP) is 2.26. The molecule has 0 amide bonds. The molecule has 0 saturated heterocycles. The van der Waals surface area contributed by atoms with Crippen LogP contribution in [-0.4, -0.2) is 49.9 Å². The van der Waals surface area contributed by atoms with Crippen LogP contribution in [0.15, 0.2) is 24.5 Å². The molecule has 1 aliphatic carbocycles. The minimum atomic E-state index is 0.466. The first-order valence-corrected chi connectivity index (χ1v) is 9.87. The molecule has 8 heteroatoms. The van der Waals surface area contributed by atoms with Crippen molar-refractivity contribution in [1.82, 2.24) is 29.6 Å². The maximum absolute atomic E-state index is 5.27. The van der Waals surface area contributed by atoms with Gasteiger partial charge in [0.15, 0.2) is 0 Å². The second-order valence-corrected chi connectivity index (χ2v) is 7.59. The summed E-state index contributed by atoms with van der Waals surface area (Å²) in [7, 11) is 3.26. The first-order chi connectivity index (χ1) is 14.2. The van der Waals surface area contributed by atoms with E-state index in [2.05, 4.69) is 26.8 Å². The SMILES string of the molecule is COc1cc(-n2nc3c(c2C)C[C@H](N2Cc4ncc(OC)nc4C2)CC3)ccn1. The Morgan fingerprint density at radius 2 is 1.86 bits per heavy atom. The van der Waals surface area contributed by atoms with E-state index in [0.717, 1.165) is 49.4 Å². The zero-order chi connectivity index (χ0) is 20.0. The van der Waals surface area contributed by atoms with Gasteiger partial charge in [-0.2, -0.15) is 5.10 Å². The van der Waals surface area contributed by atoms with Crippen LogP contribution in [-0.2, 0) is 25.9 Å². The molecule has 1 atom stereocenters. The molecule has 3 aromatic heterocycles. The fourth-order valence-corrected chi connectivity index (χ4v) is 4.40. The number of hydrogen-bond donors (Lipinski definition) is 0. The summed E-state index contributed by atoms with van der Waals surface area (Å²) in [6.45, 7) is 3.82. The molecule has 0 spiro atoms. The van der Waals surface area contributed by atoms with Crippen molar-refractivity contribution in [3.8, 4) is 17.4 Å². The third kappa shape index (κ3) is 3.13. The number of aryl methyl sites for hydroxylation is 1. The first-order valence-electron chi connectivity index (χ1n) is 9.87. The van der Waals surface area contributed by atoms with E-state index in [4.69, 9.17) is 14.6 Å². The average Bonchev–Trinajstić information content (AvgIpc) is 3.34. The molecule has 0 saturated carbocycles. The number of hydrogen-bond acceptors (Lipinski definition) is 7. The van der Waals surface area contributed by atoms with Crippen LogP contribution in [0, 0.1) is 6.92 Å². The topological polar surface area (TPSA) is 78.2 Å². The van der Waals surface area contributed by atoms with Gasteiger partial charge < -0.3 is 9.47 Å². The third-order valence-electron chi connectivity index (χ3n) is 5.99. The molecule has 29 heavy (non-hydrogen) atoms. The molecule has 4 heterocycles. The first kappa shape index (κ1) is 18.1. The fourth-order valence-electron chi connectivity index (χ4n) is 4.40. The Labute approximate surface area is 169 Å². The Hall–Kier alpha value is -3.00. The Morgan fingerprint density at radius 1 is 1.03 bits per heavy atom. The van der Waals surface area contributed by atoms with E-state index in [1.807, 2.05) is 16.8 Å². The van der Waals surface area contributed by atoms with Gasteiger partial charge in [-0.25, -0.2) is 14.6 Å². The average molecular weight is 392 g/mol. The van der Waals surface area contributed by atoms with Gasteiger partial charge in [0, 0.05) is 37.1 Å². The van der Waals surface area contributed by atoms with E-state index in [1.54, 1.807) is 26.6 Å². The van der Waals surface area contributed by atoms with Crippen molar-refractivity contribution in [1.29, 1.82) is 0 Å². The molecule has 1 aliphatic heterocycles. The molecule has 8 nitrogen and oxygen atoms in total. The van der Waals surface area contributed by atoms with Crippen molar-refractivity contribution < 1.29 is 9.47 Å². The summed E-state index contributed by atoms with van der Waals surface area (Å²) in [5.74, 6) is 1.18. The maximum Gasteiger partial charge on any atom is 0.232 e. The Morgan fingerprint density at radius 3 is 2.69 bits per heavy atom. The lowest BCUT2D eigenvalue weighted by atomic mass is 9.91. The summed E-state index contributed by atoms with van der Waals surface area (Å²) >= 11 is 0. The molecule has 5 rings (SSSR count). The molecule has 2 aliphatic rings. The minimum absolute atomic E-state index is 0.466. The monoisotopic (exact) mass is 392 g/mol. The van der Waals surface area contributed by atoms with E-state index in [1.165, 1.54) is 17.0 Å². The zero-order valence-electron chi connectivity index (χ0n) is 16.9. The fraction of sp³-hybridized carbons (Fsp3) is 0.429. The van der Waals surface area contributed by atoms with E-state index < -0.39 is 0 Å². The van der Waals surface area contributed by atoms with E-state index in [0.29, 0.717) is 17.8 Å². The van der Waals surface area contributed by atoms with Gasteiger partial charge in [-0.3, -0.25) is 9.88 Å². The number of pyridine rings is 1. The number of methoxy groups -OCH3 is 2. The largest absolute Gasteiger partial charge is 0.481 e. The molecular formula is C21H24N6O2. The number of aromatic nitrogens is 5. The molecule has 0 aromatic carbocycles. The van der Waals surface area contributed by atoms with Crippen molar-refractivity contribution in [3.63, 3.8) is 0 Å². The third-order valence-corrected chi connectivity index (χ3v) is 5.99. The molecule has 3 aromatic rings. The van der Waals surface area contributed by atoms with Gasteiger partial charge in [-0.05, 0) is 37.8 Å². The number of rotatable bonds is 4. The van der Waals surface area contributed by atoms with Gasteiger partial charge >= 0.3 is 0 Å². The zero-order valence-corrected chi connectivity index (χ0v) is 16.9. The molecule has 150 valence electrons. The highest BCUT2D eigenvalue weighted by Crippen LogP contribution is 2.32. The van der Waals surface area contributed by atoms with Crippen molar-refractivity contribution in [3.05, 3.63) is 52.9 Å². The second-order valence-electron chi connectivity index (χ2n) is 7.59. The van der Waals surface area contributed by atoms with Crippen LogP contribution in [0.1, 0.15) is 34.8 Å². The van der Waals surface area contributed by atoms with Gasteiger partial charge in [-0.1, -0.05) is 0 Å². The van der Waals surface area contributed by atoms with Crippen molar-refractivity contribution in [2.75, 3.05) is 14.2 Å². The van der Waals surface area contributed by atoms with Gasteiger partial charge in [0.25, 0.3) is 0 Å². The van der Waals surface area contributed by atoms with Crippen LogP contribution in [0.25, 0.3) is 5.69 Å². The van der Waals surface area contributed by atoms with E-state index >= 15 is 0 Å². The Bertz CT molecular complexity index is 1060. The molecular weight excluding hydrogens is 368 g/mol. The predicted molar refractivity (Wildman–Crippen MR) is 106 cm³/mol. The van der Waals surface area contributed by atoms with Gasteiger partial charge in [0.2, 0.25) is 11.8 Å². The van der Waals surface area contributed by atoms with Crippen molar-refractivity contribution in [2.24, 2.45) is 0 Å². The van der Waals surface area contributed by atoms with Crippen LogP contribution >= 0.6 is 0 Å². The maximum atomic E-state index is 5.27. The lowest BCUT2D eigenvalue weighted by Gasteiger charge is -2.30. The summed E-state index contributed by atoms with van der Waals surface area (Å²) in [5, 5.41) is 4.89. The molecule has 0 bridgehead atoms. The standard InChI is InChI=1S/C21H24N6O2/c1-13-16-8-14(26-11-18-19(12-26)24-21(29-3)10-23-18)4-5-17(16)25-27(13)15-6-7-22-20(9-15)28-2/h6-7,9-10,14H,4-5,8,11-12H2,1-3H3/t14-/m1/s1. The minimum Gasteiger partial charge on any atom is -0.481 e. The number of nitrogens with zero attached hydrogens (tertiary/aromatic N) is 6. The summed E-state index contributed by atoms with van der Waals surface area (Å²) in [6.07, 6.45) is 6.53. The van der Waals surface area contributed by atoms with Crippen LogP contribution in [0.4, 0.5) is 0 Å². The van der Waals surface area contributed by atoms with E-state index in [-0.39, 0.29) is 0 Å². The lowest BCUT2D eigenvalue weighted by Crippen LogP contribution is -2.35. The second kappa shape index (κ2) is 7.11. The highest BCUT2D eigenvalue weighted by atomic mass is 16.5. The normalized spacial score (nSPS) is 18.4. The highest BCUT2D eigenvalue weighted by molar-refractivity contribution is 5.40. The number of fused-ring (bicyclic) bond motifs is 2. The summed E-state index contributed by atoms with van der Waals surface area (Å²) in [5.41, 5.74) is 6.82. The summed E-state index contributed by atoms with van der Waals surface area (Å²) in [6, 6.07) is 4.35. The quantitative estimate of drug-likeness (QED) is 0.674. The summed E-state index contributed by atoms with van der Waals surface area (Å²) in [4.78, 5) is 15.8. The van der Waals surface area contributed by atoms with Gasteiger partial charge in [-0.15, -0.1) is 0 Å². The molecule has 0 unspecified atom stereocenters. The van der Waals surface area contributed by atoms with Crippen LogP contribution in [0.5, 0.6) is 11.8 Å². The smallest absolute Gasteiger partial charge is 0.232 e. The Balaban J connectivity index is 1.38. The lowest BCUT2D eigenvalue weighted by molar-refractivity contribution is 0.179. The molecule has 0 N–H and O–H groups in total. The van der Waals surface area contributed by atoms with Crippen LogP contribution < -0.4 is 9.47 Å². The molecule has 0 radical (unpaired) electrons. The van der Waals surface area contributed by atoms with Crippen LogP contribution in [0.2, 0.25) is 0 Å². The van der Waals surface area contributed by atoms with Crippen molar-refractivity contribution in [2.45, 2.75) is 45.3 Å². The number of ether oxygens (including phenoxy) is 2. The van der Waals surface area contributed by atoms with Crippen LogP contribution in [0.3, 0.4) is 0 Å². The van der Waals surface area contributed by atoms with Gasteiger partial charge in [0.1, 0.15) is 0 Å². The Kier molecular flexibility index (Phi) is 4.43.